The molecule has 0 heterocycles. The van der Waals surface area contributed by atoms with Crippen molar-refractivity contribution in [1.29, 1.82) is 0 Å². The molecule has 0 unspecified atom stereocenters. The van der Waals surface area contributed by atoms with Crippen LogP contribution in [0, 0.1) is 5.92 Å². The van der Waals surface area contributed by atoms with Crippen LogP contribution in [0.25, 0.3) is 11.1 Å². The molecule has 3 rings (SSSR count). The summed E-state index contributed by atoms with van der Waals surface area (Å²) in [6.07, 6.45) is 0. The summed E-state index contributed by atoms with van der Waals surface area (Å²) >= 11 is 5.85. The van der Waals surface area contributed by atoms with E-state index in [9.17, 15) is 19.5 Å². The van der Waals surface area contributed by atoms with Gasteiger partial charge in [0.05, 0.1) is 0 Å². The van der Waals surface area contributed by atoms with Crippen molar-refractivity contribution in [2.24, 2.45) is 5.92 Å². The third kappa shape index (κ3) is 5.74. The Hall–Kier alpha value is -3.64. The first-order chi connectivity index (χ1) is 15.2. The third-order valence-corrected chi connectivity index (χ3v) is 5.20. The average molecular weight is 451 g/mol. The van der Waals surface area contributed by atoms with Gasteiger partial charge in [0.2, 0.25) is 0 Å². The Morgan fingerprint density at radius 3 is 1.72 bits per heavy atom. The minimum Gasteiger partial charge on any atom is -0.480 e. The monoisotopic (exact) mass is 450 g/mol. The van der Waals surface area contributed by atoms with E-state index in [0.717, 1.165) is 11.1 Å². The SMILES string of the molecule is CC(C)[C@@H](NC(=O)c1ccc(-c2ccc(NC(=O)c3ccc(Cl)cc3)cc2)cc1)C(=O)O. The number of carboxylic acid groups (broad SMARTS) is 1. The molecule has 3 N–H and O–H groups in total. The summed E-state index contributed by atoms with van der Waals surface area (Å²) in [6, 6.07) is 19.9. The maximum absolute atomic E-state index is 12.4. The summed E-state index contributed by atoms with van der Waals surface area (Å²) in [5.74, 6) is -1.95. The first-order valence-corrected chi connectivity index (χ1v) is 10.4. The first kappa shape index (κ1) is 23.0. The molecule has 0 bridgehead atoms. The highest BCUT2D eigenvalue weighted by atomic mass is 35.5. The van der Waals surface area contributed by atoms with Crippen LogP contribution in [0.1, 0.15) is 34.6 Å². The van der Waals surface area contributed by atoms with E-state index in [1.165, 1.54) is 0 Å². The summed E-state index contributed by atoms with van der Waals surface area (Å²) in [5, 5.41) is 15.2. The molecule has 0 aromatic heterocycles. The Balaban J connectivity index is 1.66. The summed E-state index contributed by atoms with van der Waals surface area (Å²) in [7, 11) is 0. The van der Waals surface area contributed by atoms with E-state index in [-0.39, 0.29) is 11.8 Å². The fourth-order valence-electron chi connectivity index (χ4n) is 3.10. The Morgan fingerprint density at radius 1 is 0.750 bits per heavy atom. The highest BCUT2D eigenvalue weighted by Crippen LogP contribution is 2.22. The van der Waals surface area contributed by atoms with Crippen LogP contribution in [0.15, 0.2) is 72.8 Å². The van der Waals surface area contributed by atoms with E-state index in [1.54, 1.807) is 74.5 Å². The van der Waals surface area contributed by atoms with Gasteiger partial charge in [0.25, 0.3) is 11.8 Å². The molecule has 0 saturated heterocycles. The molecule has 6 nitrogen and oxygen atoms in total. The number of hydrogen-bond acceptors (Lipinski definition) is 3. The molecule has 32 heavy (non-hydrogen) atoms. The van der Waals surface area contributed by atoms with Crippen molar-refractivity contribution in [2.75, 3.05) is 5.32 Å². The Labute approximate surface area is 191 Å². The number of aliphatic carboxylic acids is 1. The molecule has 0 aliphatic carbocycles. The number of rotatable bonds is 7. The van der Waals surface area contributed by atoms with Crippen LogP contribution in [0.3, 0.4) is 0 Å². The van der Waals surface area contributed by atoms with Crippen molar-refractivity contribution in [1.82, 2.24) is 5.32 Å². The first-order valence-electron chi connectivity index (χ1n) is 10.1. The van der Waals surface area contributed by atoms with Crippen LogP contribution in [0.5, 0.6) is 0 Å². The van der Waals surface area contributed by atoms with Gasteiger partial charge >= 0.3 is 5.97 Å². The van der Waals surface area contributed by atoms with Crippen LogP contribution in [-0.4, -0.2) is 28.9 Å². The van der Waals surface area contributed by atoms with Gasteiger partial charge in [-0.15, -0.1) is 0 Å². The van der Waals surface area contributed by atoms with Gasteiger partial charge in [0, 0.05) is 21.8 Å². The van der Waals surface area contributed by atoms with Crippen molar-refractivity contribution in [3.8, 4) is 11.1 Å². The van der Waals surface area contributed by atoms with Gasteiger partial charge in [-0.1, -0.05) is 49.7 Å². The average Bonchev–Trinajstić information content (AvgIpc) is 2.78. The fourth-order valence-corrected chi connectivity index (χ4v) is 3.23. The second-order valence-corrected chi connectivity index (χ2v) is 8.09. The molecule has 1 atom stereocenters. The smallest absolute Gasteiger partial charge is 0.326 e. The summed E-state index contributed by atoms with van der Waals surface area (Å²) < 4.78 is 0. The summed E-state index contributed by atoms with van der Waals surface area (Å²) in [6.45, 7) is 3.48. The van der Waals surface area contributed by atoms with E-state index in [1.807, 2.05) is 12.1 Å². The van der Waals surface area contributed by atoms with Crippen molar-refractivity contribution < 1.29 is 19.5 Å². The topological polar surface area (TPSA) is 95.5 Å². The van der Waals surface area contributed by atoms with Gasteiger partial charge in [0.1, 0.15) is 6.04 Å². The highest BCUT2D eigenvalue weighted by Gasteiger charge is 2.23. The Morgan fingerprint density at radius 2 is 1.22 bits per heavy atom. The predicted molar refractivity (Wildman–Crippen MR) is 125 cm³/mol. The molecule has 7 heteroatoms. The number of carbonyl (C=O) groups is 3. The molecule has 0 spiro atoms. The molecule has 0 aliphatic heterocycles. The lowest BCUT2D eigenvalue weighted by Gasteiger charge is -2.18. The summed E-state index contributed by atoms with van der Waals surface area (Å²) in [4.78, 5) is 36.0. The van der Waals surface area contributed by atoms with Gasteiger partial charge in [-0.05, 0) is 65.6 Å². The normalized spacial score (nSPS) is 11.6. The predicted octanol–water partition coefficient (Wildman–Crippen LogP) is 5.10. The highest BCUT2D eigenvalue weighted by molar-refractivity contribution is 6.30. The van der Waals surface area contributed by atoms with Crippen molar-refractivity contribution >= 4 is 35.1 Å². The van der Waals surface area contributed by atoms with Crippen molar-refractivity contribution in [2.45, 2.75) is 19.9 Å². The molecule has 0 radical (unpaired) electrons. The van der Waals surface area contributed by atoms with Crippen molar-refractivity contribution in [3.63, 3.8) is 0 Å². The number of carbonyl (C=O) groups excluding carboxylic acids is 2. The van der Waals surface area contributed by atoms with Crippen LogP contribution < -0.4 is 10.6 Å². The Kier molecular flexibility index (Phi) is 7.28. The lowest BCUT2D eigenvalue weighted by Crippen LogP contribution is -2.44. The lowest BCUT2D eigenvalue weighted by molar-refractivity contribution is -0.140. The third-order valence-electron chi connectivity index (χ3n) is 4.95. The number of halogens is 1. The maximum atomic E-state index is 12.4. The zero-order valence-corrected chi connectivity index (χ0v) is 18.4. The molecule has 164 valence electrons. The van der Waals surface area contributed by atoms with Gasteiger partial charge < -0.3 is 15.7 Å². The second-order valence-electron chi connectivity index (χ2n) is 7.65. The number of hydrogen-bond donors (Lipinski definition) is 3. The minimum atomic E-state index is -1.06. The fraction of sp³-hybridized carbons (Fsp3) is 0.160. The standard InChI is InChI=1S/C25H23ClN2O4/c1-15(2)22(25(31)32)28-24(30)18-5-3-16(4-6-18)17-9-13-21(14-10-17)27-23(29)19-7-11-20(26)12-8-19/h3-15,22H,1-2H3,(H,27,29)(H,28,30)(H,31,32)/t22-/m1/s1. The molecular weight excluding hydrogens is 428 g/mol. The number of anilines is 1. The van der Waals surface area contributed by atoms with Crippen LogP contribution >= 0.6 is 11.6 Å². The quantitative estimate of drug-likeness (QED) is 0.466. The largest absolute Gasteiger partial charge is 0.480 e. The second kappa shape index (κ2) is 10.1. The number of carboxylic acids is 1. The van der Waals surface area contributed by atoms with Gasteiger partial charge in [0.15, 0.2) is 0 Å². The maximum Gasteiger partial charge on any atom is 0.326 e. The van der Waals surface area contributed by atoms with Gasteiger partial charge in [-0.25, -0.2) is 4.79 Å². The minimum absolute atomic E-state index is 0.227. The zero-order chi connectivity index (χ0) is 23.3. The number of nitrogens with one attached hydrogen (secondary N) is 2. The Bertz CT molecular complexity index is 1110. The van der Waals surface area contributed by atoms with Gasteiger partial charge in [-0.3, -0.25) is 9.59 Å². The zero-order valence-electron chi connectivity index (χ0n) is 17.6. The van der Waals surface area contributed by atoms with E-state index in [0.29, 0.717) is 21.8 Å². The van der Waals surface area contributed by atoms with E-state index >= 15 is 0 Å². The van der Waals surface area contributed by atoms with Gasteiger partial charge in [-0.2, -0.15) is 0 Å². The lowest BCUT2D eigenvalue weighted by atomic mass is 10.0. The number of benzene rings is 3. The van der Waals surface area contributed by atoms with Crippen molar-refractivity contribution in [3.05, 3.63) is 88.9 Å². The van der Waals surface area contributed by atoms with Crippen LogP contribution in [0.4, 0.5) is 5.69 Å². The molecule has 0 fully saturated rings. The molecule has 3 aromatic carbocycles. The van der Waals surface area contributed by atoms with E-state index in [4.69, 9.17) is 11.6 Å². The van der Waals surface area contributed by atoms with Crippen LogP contribution in [0.2, 0.25) is 5.02 Å². The summed E-state index contributed by atoms with van der Waals surface area (Å²) in [5.41, 5.74) is 3.34. The van der Waals surface area contributed by atoms with E-state index < -0.39 is 17.9 Å². The molecule has 3 aromatic rings. The number of amides is 2. The molecule has 2 amide bonds. The van der Waals surface area contributed by atoms with E-state index in [2.05, 4.69) is 10.6 Å². The molecule has 0 aliphatic rings. The van der Waals surface area contributed by atoms with Crippen LogP contribution in [-0.2, 0) is 4.79 Å². The molecular formula is C25H23ClN2O4. The molecule has 0 saturated carbocycles.